The SMILES string of the molecule is CC(=O)Nc1ccc(NC(=O)Nc2ccc3c(O)c(N=Nc4ccc(N=Nc5c(Cl)cc(Cl)cc5S(=O)(=O)[O-])c(C)c4)c(S(=O)(=O)[O-])cc3c2)cc1.[NH4+].[Na+]. The van der Waals surface area contributed by atoms with Gasteiger partial charge in [0.05, 0.1) is 26.2 Å². The van der Waals surface area contributed by atoms with Crippen molar-refractivity contribution in [3.05, 3.63) is 94.5 Å². The number of carbonyl (C=O) groups excluding carboxylic acids is 2. The molecule has 3 amide bonds. The first-order chi connectivity index (χ1) is 24.4. The van der Waals surface area contributed by atoms with Gasteiger partial charge in [0, 0.05) is 34.4 Å². The maximum Gasteiger partial charge on any atom is 1.00 e. The van der Waals surface area contributed by atoms with E-state index in [4.69, 9.17) is 23.2 Å². The Bertz CT molecular complexity index is 2560. The Labute approximate surface area is 340 Å². The van der Waals surface area contributed by atoms with Crippen LogP contribution in [0.3, 0.4) is 0 Å². The van der Waals surface area contributed by atoms with Crippen LogP contribution in [0.2, 0.25) is 10.0 Å². The van der Waals surface area contributed by atoms with Crippen LogP contribution in [-0.2, 0) is 25.0 Å². The second-order valence-corrected chi connectivity index (χ2v) is 14.4. The van der Waals surface area contributed by atoms with Crippen molar-refractivity contribution < 1.29 is 70.2 Å². The minimum absolute atomic E-state index is 0. The summed E-state index contributed by atoms with van der Waals surface area (Å²) < 4.78 is 71.9. The van der Waals surface area contributed by atoms with E-state index < -0.39 is 53.2 Å². The summed E-state index contributed by atoms with van der Waals surface area (Å²) in [6.07, 6.45) is 0. The quantitative estimate of drug-likeness (QED) is 0.0682. The number of benzene rings is 5. The summed E-state index contributed by atoms with van der Waals surface area (Å²) in [6, 6.07) is 17.1. The van der Waals surface area contributed by atoms with Gasteiger partial charge in [-0.1, -0.05) is 23.2 Å². The first-order valence-electron chi connectivity index (χ1n) is 14.5. The molecule has 54 heavy (non-hydrogen) atoms. The molecule has 0 saturated carbocycles. The van der Waals surface area contributed by atoms with Crippen LogP contribution in [0, 0.1) is 6.92 Å². The first-order valence-corrected chi connectivity index (χ1v) is 18.1. The van der Waals surface area contributed by atoms with Crippen LogP contribution in [0.1, 0.15) is 12.5 Å². The number of phenols is 1. The Morgan fingerprint density at radius 1 is 0.704 bits per heavy atom. The van der Waals surface area contributed by atoms with E-state index in [0.717, 1.165) is 12.1 Å². The minimum Gasteiger partial charge on any atom is -0.744 e. The van der Waals surface area contributed by atoms with Crippen molar-refractivity contribution in [2.75, 3.05) is 16.0 Å². The van der Waals surface area contributed by atoms with Gasteiger partial charge in [0.25, 0.3) is 0 Å². The molecule has 5 aromatic rings. The van der Waals surface area contributed by atoms with Gasteiger partial charge in [-0.25, -0.2) is 21.6 Å². The van der Waals surface area contributed by atoms with Gasteiger partial charge in [-0.3, -0.25) is 4.79 Å². The molecule has 0 bridgehead atoms. The fraction of sp³-hybridized carbons (Fsp3) is 0.0625. The van der Waals surface area contributed by atoms with Crippen LogP contribution in [0.5, 0.6) is 5.75 Å². The molecule has 0 unspecified atom stereocenters. The largest absolute Gasteiger partial charge is 1.00 e. The number of quaternary nitrogens is 1. The molecule has 0 saturated heterocycles. The van der Waals surface area contributed by atoms with Gasteiger partial charge in [-0.05, 0) is 96.7 Å². The molecule has 17 nitrogen and oxygen atoms in total. The number of urea groups is 1. The Hall–Kier alpha value is -4.54. The Morgan fingerprint density at radius 2 is 1.26 bits per heavy atom. The Balaban J connectivity index is 0.00000392. The summed E-state index contributed by atoms with van der Waals surface area (Å²) in [7, 11) is -10.2. The molecule has 5 rings (SSSR count). The number of phenolic OH excluding ortho intramolecular Hbond substituents is 1. The first kappa shape index (κ1) is 43.9. The van der Waals surface area contributed by atoms with Gasteiger partial charge < -0.3 is 36.3 Å². The molecule has 8 N–H and O–H groups in total. The number of aryl methyl sites for hydroxylation is 1. The number of nitrogens with zero attached hydrogens (tertiary/aromatic N) is 4. The summed E-state index contributed by atoms with van der Waals surface area (Å²) >= 11 is 11.9. The number of rotatable bonds is 9. The third kappa shape index (κ3) is 10.8. The van der Waals surface area contributed by atoms with E-state index in [1.807, 2.05) is 0 Å². The number of anilines is 3. The molecule has 0 aliphatic rings. The van der Waals surface area contributed by atoms with Crippen molar-refractivity contribution in [3.63, 3.8) is 0 Å². The number of halogens is 2. The van der Waals surface area contributed by atoms with Crippen LogP contribution in [0.15, 0.2) is 109 Å². The average Bonchev–Trinajstić information content (AvgIpc) is 3.04. The zero-order chi connectivity index (χ0) is 38.0. The number of hydrogen-bond donors (Lipinski definition) is 5. The van der Waals surface area contributed by atoms with E-state index >= 15 is 0 Å². The van der Waals surface area contributed by atoms with Gasteiger partial charge in [-0.15, -0.1) is 10.2 Å². The monoisotopic (exact) mass is 824 g/mol. The van der Waals surface area contributed by atoms with Gasteiger partial charge >= 0.3 is 35.6 Å². The Morgan fingerprint density at radius 3 is 1.85 bits per heavy atom. The van der Waals surface area contributed by atoms with Gasteiger partial charge in [0.2, 0.25) is 5.91 Å². The Kier molecular flexibility index (Phi) is 14.4. The summed E-state index contributed by atoms with van der Waals surface area (Å²) in [5.74, 6) is -0.925. The van der Waals surface area contributed by atoms with Crippen molar-refractivity contribution in [1.82, 2.24) is 6.15 Å². The predicted molar refractivity (Wildman–Crippen MR) is 197 cm³/mol. The second kappa shape index (κ2) is 17.7. The minimum atomic E-state index is -5.21. The van der Waals surface area contributed by atoms with Gasteiger partial charge in [0.15, 0.2) is 5.75 Å². The van der Waals surface area contributed by atoms with Crippen molar-refractivity contribution in [2.45, 2.75) is 23.6 Å². The number of nitrogens with one attached hydrogen (secondary N) is 3. The van der Waals surface area contributed by atoms with Crippen LogP contribution < -0.4 is 51.7 Å². The van der Waals surface area contributed by atoms with E-state index in [9.17, 15) is 40.6 Å². The van der Waals surface area contributed by atoms with Crippen LogP contribution in [0.25, 0.3) is 10.8 Å². The molecule has 5 aromatic carbocycles. The molecule has 276 valence electrons. The zero-order valence-electron chi connectivity index (χ0n) is 28.6. The molecule has 0 atom stereocenters. The summed E-state index contributed by atoms with van der Waals surface area (Å²) in [4.78, 5) is 22.2. The fourth-order valence-electron chi connectivity index (χ4n) is 4.71. The number of amides is 3. The maximum absolute atomic E-state index is 12.6. The van der Waals surface area contributed by atoms with E-state index in [1.165, 1.54) is 49.4 Å². The number of hydrogen-bond acceptors (Lipinski definition) is 13. The predicted octanol–water partition coefficient (Wildman–Crippen LogP) is 5.78. The third-order valence-electron chi connectivity index (χ3n) is 7.01. The van der Waals surface area contributed by atoms with Crippen LogP contribution in [-0.4, -0.2) is 43.0 Å². The second-order valence-electron chi connectivity index (χ2n) is 10.9. The van der Waals surface area contributed by atoms with Gasteiger partial charge in [0.1, 0.15) is 31.6 Å². The molecule has 0 aromatic heterocycles. The summed E-state index contributed by atoms with van der Waals surface area (Å²) in [6.45, 7) is 2.94. The summed E-state index contributed by atoms with van der Waals surface area (Å²) in [5, 5.41) is 34.3. The van der Waals surface area contributed by atoms with Crippen molar-refractivity contribution in [1.29, 1.82) is 0 Å². The van der Waals surface area contributed by atoms with E-state index in [0.29, 0.717) is 16.9 Å². The molecule has 0 fully saturated rings. The molecule has 0 aliphatic carbocycles. The van der Waals surface area contributed by atoms with E-state index in [-0.39, 0.29) is 79.5 Å². The van der Waals surface area contributed by atoms with Gasteiger partial charge in [-0.2, -0.15) is 10.2 Å². The molecular weight excluding hydrogens is 798 g/mol. The number of aromatic hydroxyl groups is 1. The standard InChI is InChI=1S/C32H25Cl2N7O9S2.H3N.Na/c1-16-11-23(8-10-26(16)39-40-29-25(34)14-19(33)15-28(29)52(48,49)50)38-41-30-27(51(45,46)47)13-18-12-22(7-9-24(18)31(30)43)37-32(44)36-21-5-3-20(4-6-21)35-17(2)42;;/h3-15,43H,1-2H3,(H,35,42)(H2,36,37,44)(H,45,46,47)(H,48,49,50);1H3;/q;;+1/p-1. The van der Waals surface area contributed by atoms with Crippen molar-refractivity contribution in [3.8, 4) is 5.75 Å². The fourth-order valence-corrected chi connectivity index (χ4v) is 6.66. The zero-order valence-corrected chi connectivity index (χ0v) is 33.7. The third-order valence-corrected chi connectivity index (χ3v) is 9.21. The average molecular weight is 826 g/mol. The smallest absolute Gasteiger partial charge is 0.744 e. The van der Waals surface area contributed by atoms with Crippen LogP contribution >= 0.6 is 23.2 Å². The van der Waals surface area contributed by atoms with E-state index in [2.05, 4.69) is 36.4 Å². The molecule has 0 aliphatic heterocycles. The maximum atomic E-state index is 12.6. The molecule has 0 heterocycles. The van der Waals surface area contributed by atoms with E-state index in [1.54, 1.807) is 31.2 Å². The molecule has 0 spiro atoms. The van der Waals surface area contributed by atoms with Crippen molar-refractivity contribution >= 4 is 106 Å². The van der Waals surface area contributed by atoms with Crippen LogP contribution in [0.4, 0.5) is 44.6 Å². The molecule has 0 radical (unpaired) electrons. The van der Waals surface area contributed by atoms with Crippen molar-refractivity contribution in [2.24, 2.45) is 20.5 Å². The molecular formula is C32H27Cl2N8NaO9S2. The number of carbonyl (C=O) groups is 2. The topological polar surface area (TPSA) is 291 Å². The molecule has 22 heteroatoms. The number of fused-ring (bicyclic) bond motifs is 1. The summed E-state index contributed by atoms with van der Waals surface area (Å²) in [5.41, 5.74) is 0.837. The normalized spacial score (nSPS) is 11.6. The number of azo groups is 2.